The number of ether oxygens (including phenoxy) is 2. The number of fused-ring (bicyclic) bond motifs is 1. The Morgan fingerprint density at radius 1 is 0.975 bits per heavy atom. The van der Waals surface area contributed by atoms with Crippen molar-refractivity contribution < 1.29 is 19.4 Å². The molecule has 6 rings (SSSR count). The van der Waals surface area contributed by atoms with E-state index in [2.05, 4.69) is 32.8 Å². The van der Waals surface area contributed by atoms with Crippen molar-refractivity contribution in [3.63, 3.8) is 0 Å². The topological polar surface area (TPSA) is 98.5 Å². The second kappa shape index (κ2) is 11.4. The molecule has 1 saturated heterocycles. The number of aliphatic hydroxyl groups is 1. The monoisotopic (exact) mass is 534 g/mol. The number of anilines is 1. The number of aliphatic hydroxyl groups excluding tert-OH is 1. The smallest absolute Gasteiger partial charge is 0.257 e. The van der Waals surface area contributed by atoms with Crippen LogP contribution in [-0.4, -0.2) is 31.7 Å². The summed E-state index contributed by atoms with van der Waals surface area (Å²) in [5.74, 6) is -0.220. The maximum atomic E-state index is 12.7. The zero-order valence-corrected chi connectivity index (χ0v) is 22.1. The molecule has 3 heterocycles. The standard InChI is InChI=1S/C32H30N4O4/c1-21-29(18-36-20-34-27-9-2-3-10-28(27)36)39-32(40-30(21)23-13-11-22(19-37)12-14-23)24-6-4-8-26(16-24)35-31(38)25-7-5-15-33-17-25/h2-17,20-21,29-30,32,37H,18-19H2,1H3,(H,35,38). The molecular formula is C32H30N4O4. The van der Waals surface area contributed by atoms with Gasteiger partial charge < -0.3 is 24.5 Å². The Hall–Kier alpha value is -4.37. The molecule has 1 aliphatic rings. The molecule has 0 radical (unpaired) electrons. The number of rotatable bonds is 7. The number of hydrogen-bond acceptors (Lipinski definition) is 6. The van der Waals surface area contributed by atoms with Crippen molar-refractivity contribution in [2.24, 2.45) is 5.92 Å². The highest BCUT2D eigenvalue weighted by Gasteiger charge is 2.38. The molecule has 0 bridgehead atoms. The molecule has 1 aliphatic heterocycles. The van der Waals surface area contributed by atoms with E-state index in [0.29, 0.717) is 17.8 Å². The quantitative estimate of drug-likeness (QED) is 0.279. The highest BCUT2D eigenvalue weighted by Crippen LogP contribution is 2.42. The van der Waals surface area contributed by atoms with Crippen molar-refractivity contribution in [2.75, 3.05) is 5.32 Å². The van der Waals surface area contributed by atoms with Gasteiger partial charge in [0, 0.05) is 29.6 Å². The van der Waals surface area contributed by atoms with Gasteiger partial charge in [-0.05, 0) is 47.5 Å². The molecule has 3 aromatic carbocycles. The second-order valence-electron chi connectivity index (χ2n) is 10.0. The summed E-state index contributed by atoms with van der Waals surface area (Å²) in [5.41, 5.74) is 5.76. The van der Waals surface area contributed by atoms with Crippen LogP contribution in [-0.2, 0) is 22.6 Å². The fraction of sp³-hybridized carbons (Fsp3) is 0.219. The number of carbonyl (C=O) groups excluding carboxylic acids is 1. The predicted octanol–water partition coefficient (Wildman–Crippen LogP) is 5.67. The Bertz CT molecular complexity index is 1600. The molecule has 1 fully saturated rings. The number of benzene rings is 3. The average molecular weight is 535 g/mol. The van der Waals surface area contributed by atoms with Crippen LogP contribution in [0.3, 0.4) is 0 Å². The van der Waals surface area contributed by atoms with Crippen LogP contribution in [0.2, 0.25) is 0 Å². The summed E-state index contributed by atoms with van der Waals surface area (Å²) in [7, 11) is 0. The molecule has 2 aromatic heterocycles. The zero-order chi connectivity index (χ0) is 27.5. The van der Waals surface area contributed by atoms with Gasteiger partial charge in [-0.1, -0.05) is 55.5 Å². The fourth-order valence-electron chi connectivity index (χ4n) is 5.14. The molecule has 0 spiro atoms. The van der Waals surface area contributed by atoms with Crippen LogP contribution in [0.1, 0.15) is 46.4 Å². The molecule has 4 unspecified atom stereocenters. The highest BCUT2D eigenvalue weighted by atomic mass is 16.7. The SMILES string of the molecule is CC1C(Cn2cnc3ccccc32)OC(c2cccc(NC(=O)c3cccnc3)c2)OC1c1ccc(CO)cc1. The number of hydrogen-bond donors (Lipinski definition) is 2. The average Bonchev–Trinajstić information content (AvgIpc) is 3.41. The number of para-hydroxylation sites is 2. The molecule has 1 amide bonds. The second-order valence-corrected chi connectivity index (χ2v) is 10.0. The molecular weight excluding hydrogens is 504 g/mol. The van der Waals surface area contributed by atoms with Crippen LogP contribution >= 0.6 is 0 Å². The Kier molecular flexibility index (Phi) is 7.37. The van der Waals surface area contributed by atoms with Gasteiger partial charge in [0.05, 0.1) is 48.3 Å². The third kappa shape index (κ3) is 5.37. The summed E-state index contributed by atoms with van der Waals surface area (Å²) in [6.07, 6.45) is 3.92. The zero-order valence-electron chi connectivity index (χ0n) is 22.1. The Labute approximate surface area is 232 Å². The normalized spacial score (nSPS) is 20.9. The van der Waals surface area contributed by atoms with E-state index in [1.54, 1.807) is 18.3 Å². The minimum atomic E-state index is -0.659. The number of carbonyl (C=O) groups is 1. The maximum absolute atomic E-state index is 12.7. The van der Waals surface area contributed by atoms with Crippen LogP contribution in [0.4, 0.5) is 5.69 Å². The van der Waals surface area contributed by atoms with Gasteiger partial charge >= 0.3 is 0 Å². The van der Waals surface area contributed by atoms with Gasteiger partial charge in [-0.3, -0.25) is 9.78 Å². The van der Waals surface area contributed by atoms with E-state index in [0.717, 1.165) is 27.7 Å². The molecule has 5 aromatic rings. The number of imidazole rings is 1. The molecule has 8 heteroatoms. The first-order valence-electron chi connectivity index (χ1n) is 13.3. The van der Waals surface area contributed by atoms with Crippen molar-refractivity contribution >= 4 is 22.6 Å². The van der Waals surface area contributed by atoms with E-state index >= 15 is 0 Å². The van der Waals surface area contributed by atoms with Crippen LogP contribution in [0.25, 0.3) is 11.0 Å². The number of aromatic nitrogens is 3. The lowest BCUT2D eigenvalue weighted by Gasteiger charge is -2.41. The van der Waals surface area contributed by atoms with Crippen LogP contribution < -0.4 is 5.32 Å². The Morgan fingerprint density at radius 3 is 2.62 bits per heavy atom. The van der Waals surface area contributed by atoms with Crippen molar-refractivity contribution in [3.8, 4) is 0 Å². The van der Waals surface area contributed by atoms with Crippen molar-refractivity contribution in [1.82, 2.24) is 14.5 Å². The minimum absolute atomic E-state index is 0.0129. The van der Waals surface area contributed by atoms with Crippen molar-refractivity contribution in [1.29, 1.82) is 0 Å². The molecule has 0 aliphatic carbocycles. The summed E-state index contributed by atoms with van der Waals surface area (Å²) in [5, 5.41) is 12.5. The molecule has 202 valence electrons. The van der Waals surface area contributed by atoms with E-state index in [1.165, 1.54) is 6.20 Å². The van der Waals surface area contributed by atoms with Gasteiger partial charge in [-0.2, -0.15) is 0 Å². The van der Waals surface area contributed by atoms with E-state index in [1.807, 2.05) is 73.1 Å². The molecule has 4 atom stereocenters. The maximum Gasteiger partial charge on any atom is 0.257 e. The fourth-order valence-corrected chi connectivity index (χ4v) is 5.14. The molecule has 40 heavy (non-hydrogen) atoms. The van der Waals surface area contributed by atoms with Gasteiger partial charge in [-0.15, -0.1) is 0 Å². The van der Waals surface area contributed by atoms with E-state index in [-0.39, 0.29) is 30.6 Å². The Balaban J connectivity index is 1.30. The first kappa shape index (κ1) is 25.9. The number of pyridine rings is 1. The lowest BCUT2D eigenvalue weighted by Crippen LogP contribution is -2.39. The summed E-state index contributed by atoms with van der Waals surface area (Å²) >= 11 is 0. The van der Waals surface area contributed by atoms with E-state index < -0.39 is 6.29 Å². The molecule has 8 nitrogen and oxygen atoms in total. The largest absolute Gasteiger partial charge is 0.392 e. The van der Waals surface area contributed by atoms with Gasteiger partial charge in [0.15, 0.2) is 6.29 Å². The lowest BCUT2D eigenvalue weighted by atomic mass is 9.90. The first-order valence-corrected chi connectivity index (χ1v) is 13.3. The number of amides is 1. The summed E-state index contributed by atoms with van der Waals surface area (Å²) < 4.78 is 15.3. The minimum Gasteiger partial charge on any atom is -0.392 e. The van der Waals surface area contributed by atoms with Crippen LogP contribution in [0.5, 0.6) is 0 Å². The van der Waals surface area contributed by atoms with Crippen LogP contribution in [0.15, 0.2) is 104 Å². The lowest BCUT2D eigenvalue weighted by molar-refractivity contribution is -0.276. The first-order chi connectivity index (χ1) is 19.6. The van der Waals surface area contributed by atoms with Gasteiger partial charge in [-0.25, -0.2) is 4.98 Å². The van der Waals surface area contributed by atoms with Crippen molar-refractivity contribution in [2.45, 2.75) is 38.6 Å². The third-order valence-corrected chi connectivity index (χ3v) is 7.37. The van der Waals surface area contributed by atoms with Gasteiger partial charge in [0.25, 0.3) is 5.91 Å². The molecule has 0 saturated carbocycles. The number of nitrogens with zero attached hydrogens (tertiary/aromatic N) is 3. The Morgan fingerprint density at radius 2 is 1.82 bits per heavy atom. The van der Waals surface area contributed by atoms with Gasteiger partial charge in [0.1, 0.15) is 0 Å². The third-order valence-electron chi connectivity index (χ3n) is 7.37. The highest BCUT2D eigenvalue weighted by molar-refractivity contribution is 6.04. The number of nitrogens with one attached hydrogen (secondary N) is 1. The predicted molar refractivity (Wildman–Crippen MR) is 151 cm³/mol. The van der Waals surface area contributed by atoms with E-state index in [9.17, 15) is 9.90 Å². The van der Waals surface area contributed by atoms with E-state index in [4.69, 9.17) is 9.47 Å². The summed E-state index contributed by atoms with van der Waals surface area (Å²) in [6.45, 7) is 2.72. The van der Waals surface area contributed by atoms with Crippen molar-refractivity contribution in [3.05, 3.63) is 126 Å². The summed E-state index contributed by atoms with van der Waals surface area (Å²) in [6, 6.07) is 26.9. The van der Waals surface area contributed by atoms with Crippen LogP contribution in [0, 0.1) is 5.92 Å². The molecule has 2 N–H and O–H groups in total. The van der Waals surface area contributed by atoms with Gasteiger partial charge in [0.2, 0.25) is 0 Å². The summed E-state index contributed by atoms with van der Waals surface area (Å²) in [4.78, 5) is 21.3.